The van der Waals surface area contributed by atoms with Crippen molar-refractivity contribution in [2.75, 3.05) is 13.1 Å². The van der Waals surface area contributed by atoms with E-state index in [2.05, 4.69) is 24.0 Å². The predicted molar refractivity (Wildman–Crippen MR) is 121 cm³/mol. The van der Waals surface area contributed by atoms with E-state index in [1.54, 1.807) is 0 Å². The lowest BCUT2D eigenvalue weighted by Crippen LogP contribution is -2.52. The number of carbonyl (C=O) groups excluding carboxylic acids is 1. The highest BCUT2D eigenvalue weighted by Gasteiger charge is 2.51. The number of amides is 1. The first-order valence-corrected chi connectivity index (χ1v) is 11.6. The van der Waals surface area contributed by atoms with Gasteiger partial charge in [-0.15, -0.1) is 0 Å². The molecule has 1 heterocycles. The van der Waals surface area contributed by atoms with Gasteiger partial charge < -0.3 is 10.0 Å². The summed E-state index contributed by atoms with van der Waals surface area (Å²) in [5.41, 5.74) is -1.59. The Hall–Kier alpha value is -2.38. The summed E-state index contributed by atoms with van der Waals surface area (Å²) in [6, 6.07) is 15.9. The minimum Gasteiger partial charge on any atom is -0.376 e. The Labute approximate surface area is 193 Å². The van der Waals surface area contributed by atoms with E-state index in [4.69, 9.17) is 0 Å². The van der Waals surface area contributed by atoms with Crippen molar-refractivity contribution in [2.45, 2.75) is 63.5 Å². The zero-order chi connectivity index (χ0) is 23.8. The van der Waals surface area contributed by atoms with Gasteiger partial charge in [0.1, 0.15) is 0 Å². The van der Waals surface area contributed by atoms with Crippen LogP contribution in [0.3, 0.4) is 0 Å². The Morgan fingerprint density at radius 1 is 1.06 bits per heavy atom. The Morgan fingerprint density at radius 3 is 2.24 bits per heavy atom. The van der Waals surface area contributed by atoms with Gasteiger partial charge in [-0.3, -0.25) is 9.69 Å². The fraction of sp³-hybridized carbons (Fsp3) is 0.500. The SMILES string of the molecule is C[C@@H]1CN(Cc2ccccc2)CC[C@@H]1N(C(=O)c1ccc([C@](C)(O)C(F)(F)F)cc1)C1CC1. The number of piperidine rings is 1. The molecule has 4 nitrogen and oxygen atoms in total. The fourth-order valence-electron chi connectivity index (χ4n) is 4.81. The summed E-state index contributed by atoms with van der Waals surface area (Å²) in [6.45, 7) is 5.58. The summed E-state index contributed by atoms with van der Waals surface area (Å²) < 4.78 is 39.4. The molecule has 1 saturated heterocycles. The molecule has 2 aromatic rings. The third-order valence-corrected chi connectivity index (χ3v) is 6.97. The zero-order valence-corrected chi connectivity index (χ0v) is 19.1. The van der Waals surface area contributed by atoms with Gasteiger partial charge in [0.05, 0.1) is 0 Å². The van der Waals surface area contributed by atoms with Crippen LogP contribution in [0.2, 0.25) is 0 Å². The predicted octanol–water partition coefficient (Wildman–Crippen LogP) is 4.97. The Balaban J connectivity index is 1.46. The minimum absolute atomic E-state index is 0.106. The highest BCUT2D eigenvalue weighted by atomic mass is 19.4. The largest absolute Gasteiger partial charge is 0.421 e. The molecule has 2 aromatic carbocycles. The molecule has 4 rings (SSSR count). The van der Waals surface area contributed by atoms with Crippen molar-refractivity contribution in [1.82, 2.24) is 9.80 Å². The number of likely N-dealkylation sites (tertiary alicyclic amines) is 1. The van der Waals surface area contributed by atoms with Crippen LogP contribution in [0.15, 0.2) is 54.6 Å². The molecular weight excluding hydrogens is 429 g/mol. The lowest BCUT2D eigenvalue weighted by Gasteiger charge is -2.43. The van der Waals surface area contributed by atoms with Gasteiger partial charge in [-0.2, -0.15) is 13.2 Å². The molecule has 2 aliphatic rings. The second-order valence-electron chi connectivity index (χ2n) is 9.64. The molecule has 0 unspecified atom stereocenters. The maximum atomic E-state index is 13.4. The highest BCUT2D eigenvalue weighted by Crippen LogP contribution is 2.39. The van der Waals surface area contributed by atoms with Gasteiger partial charge in [0.25, 0.3) is 5.91 Å². The molecule has 0 spiro atoms. The van der Waals surface area contributed by atoms with E-state index >= 15 is 0 Å². The van der Waals surface area contributed by atoms with Crippen molar-refractivity contribution in [2.24, 2.45) is 5.92 Å². The Morgan fingerprint density at radius 2 is 1.70 bits per heavy atom. The van der Waals surface area contributed by atoms with Gasteiger partial charge in [0.2, 0.25) is 0 Å². The van der Waals surface area contributed by atoms with Crippen molar-refractivity contribution in [1.29, 1.82) is 0 Å². The normalized spacial score (nSPS) is 23.7. The van der Waals surface area contributed by atoms with E-state index in [9.17, 15) is 23.1 Å². The Kier molecular flexibility index (Phi) is 6.56. The van der Waals surface area contributed by atoms with Crippen molar-refractivity contribution in [3.63, 3.8) is 0 Å². The van der Waals surface area contributed by atoms with Crippen LogP contribution < -0.4 is 0 Å². The highest BCUT2D eigenvalue weighted by molar-refractivity contribution is 5.95. The number of hydrogen-bond donors (Lipinski definition) is 1. The molecule has 1 aliphatic heterocycles. The van der Waals surface area contributed by atoms with Crippen LogP contribution in [0, 0.1) is 5.92 Å². The smallest absolute Gasteiger partial charge is 0.376 e. The number of alkyl halides is 3. The van der Waals surface area contributed by atoms with Crippen LogP contribution >= 0.6 is 0 Å². The molecule has 2 fully saturated rings. The van der Waals surface area contributed by atoms with Crippen molar-refractivity contribution < 1.29 is 23.1 Å². The van der Waals surface area contributed by atoms with E-state index in [0.29, 0.717) is 5.56 Å². The molecule has 7 heteroatoms. The van der Waals surface area contributed by atoms with Crippen molar-refractivity contribution >= 4 is 5.91 Å². The van der Waals surface area contributed by atoms with Crippen LogP contribution in [0.25, 0.3) is 0 Å². The number of carbonyl (C=O) groups is 1. The van der Waals surface area contributed by atoms with E-state index in [0.717, 1.165) is 45.8 Å². The summed E-state index contributed by atoms with van der Waals surface area (Å²) in [5, 5.41) is 9.90. The fourth-order valence-corrected chi connectivity index (χ4v) is 4.81. The monoisotopic (exact) mass is 460 g/mol. The maximum Gasteiger partial charge on any atom is 0.421 e. The van der Waals surface area contributed by atoms with Crippen LogP contribution in [0.4, 0.5) is 13.2 Å². The molecule has 0 aromatic heterocycles. The number of halogens is 3. The quantitative estimate of drug-likeness (QED) is 0.662. The number of aliphatic hydroxyl groups is 1. The average Bonchev–Trinajstić information content (AvgIpc) is 3.60. The topological polar surface area (TPSA) is 43.8 Å². The molecule has 1 saturated carbocycles. The van der Waals surface area contributed by atoms with E-state index in [1.165, 1.54) is 29.8 Å². The minimum atomic E-state index is -4.79. The first-order valence-electron chi connectivity index (χ1n) is 11.6. The molecule has 1 aliphatic carbocycles. The van der Waals surface area contributed by atoms with Crippen LogP contribution in [-0.4, -0.2) is 52.2 Å². The molecule has 178 valence electrons. The first-order chi connectivity index (χ1) is 15.6. The van der Waals surface area contributed by atoms with Crippen molar-refractivity contribution in [3.8, 4) is 0 Å². The van der Waals surface area contributed by atoms with Gasteiger partial charge >= 0.3 is 6.18 Å². The number of hydrogen-bond acceptors (Lipinski definition) is 3. The molecule has 0 bridgehead atoms. The Bertz CT molecular complexity index is 956. The summed E-state index contributed by atoms with van der Waals surface area (Å²) in [7, 11) is 0. The van der Waals surface area contributed by atoms with Gasteiger partial charge in [-0.25, -0.2) is 0 Å². The number of nitrogens with zero attached hydrogens (tertiary/aromatic N) is 2. The summed E-state index contributed by atoms with van der Waals surface area (Å²) in [6.07, 6.45) is -1.99. The lowest BCUT2D eigenvalue weighted by molar-refractivity contribution is -0.258. The van der Waals surface area contributed by atoms with Gasteiger partial charge in [0, 0.05) is 37.3 Å². The zero-order valence-electron chi connectivity index (χ0n) is 19.1. The van der Waals surface area contributed by atoms with Gasteiger partial charge in [0.15, 0.2) is 5.60 Å². The summed E-state index contributed by atoms with van der Waals surface area (Å²) >= 11 is 0. The van der Waals surface area contributed by atoms with Crippen molar-refractivity contribution in [3.05, 3.63) is 71.3 Å². The van der Waals surface area contributed by atoms with Crippen LogP contribution in [-0.2, 0) is 12.1 Å². The number of benzene rings is 2. The molecule has 0 radical (unpaired) electrons. The molecule has 1 amide bonds. The molecule has 33 heavy (non-hydrogen) atoms. The second-order valence-corrected chi connectivity index (χ2v) is 9.64. The van der Waals surface area contributed by atoms with E-state index in [-0.39, 0.29) is 29.5 Å². The second kappa shape index (κ2) is 9.11. The first kappa shape index (κ1) is 23.8. The third kappa shape index (κ3) is 5.09. The maximum absolute atomic E-state index is 13.4. The van der Waals surface area contributed by atoms with E-state index < -0.39 is 11.8 Å². The molecule has 3 atom stereocenters. The van der Waals surface area contributed by atoms with E-state index in [1.807, 2.05) is 23.1 Å². The summed E-state index contributed by atoms with van der Waals surface area (Å²) in [5.74, 6) is 0.154. The summed E-state index contributed by atoms with van der Waals surface area (Å²) in [4.78, 5) is 17.8. The number of rotatable bonds is 6. The average molecular weight is 461 g/mol. The van der Waals surface area contributed by atoms with Gasteiger partial charge in [-0.1, -0.05) is 49.4 Å². The van der Waals surface area contributed by atoms with Crippen LogP contribution in [0.5, 0.6) is 0 Å². The van der Waals surface area contributed by atoms with Crippen LogP contribution in [0.1, 0.15) is 54.6 Å². The van der Waals surface area contributed by atoms with Gasteiger partial charge in [-0.05, 0) is 55.4 Å². The lowest BCUT2D eigenvalue weighted by atomic mass is 9.90. The standard InChI is InChI=1S/C26H31F3N2O2/c1-18-16-30(17-19-6-4-3-5-7-19)15-14-23(18)31(22-12-13-22)24(32)20-8-10-21(11-9-20)25(2,33)26(27,28)29/h3-11,18,22-23,33H,12-17H2,1-2H3/t18-,23+,25+/m1/s1. The molecular formula is C26H31F3N2O2. The third-order valence-electron chi connectivity index (χ3n) is 6.97. The molecule has 1 N–H and O–H groups in total.